The number of nitrogens with one attached hydrogen (secondary N) is 1. The molecule has 4 nitrogen and oxygen atoms in total. The Morgan fingerprint density at radius 1 is 1.53 bits per heavy atom. The Kier molecular flexibility index (Phi) is 3.11. The zero-order valence-corrected chi connectivity index (χ0v) is 9.73. The summed E-state index contributed by atoms with van der Waals surface area (Å²) in [5.41, 5.74) is 0.348. The van der Waals surface area contributed by atoms with Crippen molar-refractivity contribution in [2.75, 3.05) is 11.6 Å². The van der Waals surface area contributed by atoms with Crippen molar-refractivity contribution >= 4 is 35.5 Å². The first kappa shape index (κ1) is 10.7. The Morgan fingerprint density at radius 3 is 2.80 bits per heavy atom. The fraction of sp³-hybridized carbons (Fsp3) is 0.444. The fourth-order valence-corrected chi connectivity index (χ4v) is 1.78. The highest BCUT2D eigenvalue weighted by atomic mass is 35.5. The van der Waals surface area contributed by atoms with Gasteiger partial charge in [0.1, 0.15) is 11.0 Å². The summed E-state index contributed by atoms with van der Waals surface area (Å²) in [7, 11) is 0. The number of halogens is 1. The smallest absolute Gasteiger partial charge is 0.190 e. The molecule has 0 spiro atoms. The lowest BCUT2D eigenvalue weighted by Gasteiger charge is -2.08. The maximum Gasteiger partial charge on any atom is 0.190 e. The van der Waals surface area contributed by atoms with Gasteiger partial charge in [-0.1, -0.05) is 23.4 Å². The Balaban J connectivity index is 2.37. The lowest BCUT2D eigenvalue weighted by Crippen LogP contribution is -2.08. The number of hydrogen-bond acceptors (Lipinski definition) is 5. The van der Waals surface area contributed by atoms with Gasteiger partial charge in [-0.3, -0.25) is 4.79 Å². The van der Waals surface area contributed by atoms with E-state index in [1.807, 2.05) is 6.26 Å². The van der Waals surface area contributed by atoms with Gasteiger partial charge in [0.05, 0.1) is 5.56 Å². The van der Waals surface area contributed by atoms with Crippen molar-refractivity contribution in [3.63, 3.8) is 0 Å². The molecule has 0 bridgehead atoms. The molecule has 0 radical (unpaired) electrons. The highest BCUT2D eigenvalue weighted by Crippen LogP contribution is 2.28. The second kappa shape index (κ2) is 4.37. The molecule has 1 aromatic rings. The van der Waals surface area contributed by atoms with Gasteiger partial charge in [-0.05, 0) is 19.1 Å². The predicted octanol–water partition coefficient (Wildman–Crippen LogP) is 2.24. The van der Waals surface area contributed by atoms with Crippen LogP contribution >= 0.6 is 23.4 Å². The molecule has 15 heavy (non-hydrogen) atoms. The van der Waals surface area contributed by atoms with Crippen LogP contribution in [0.1, 0.15) is 23.2 Å². The van der Waals surface area contributed by atoms with Crippen LogP contribution in [0.4, 0.5) is 5.82 Å². The Bertz CT molecular complexity index is 395. The van der Waals surface area contributed by atoms with Gasteiger partial charge < -0.3 is 5.32 Å². The van der Waals surface area contributed by atoms with Crippen LogP contribution in [0.2, 0.25) is 5.15 Å². The van der Waals surface area contributed by atoms with Crippen molar-refractivity contribution in [3.8, 4) is 0 Å². The largest absolute Gasteiger partial charge is 0.367 e. The molecule has 1 heterocycles. The van der Waals surface area contributed by atoms with Crippen molar-refractivity contribution in [1.82, 2.24) is 9.97 Å². The van der Waals surface area contributed by atoms with E-state index in [2.05, 4.69) is 15.3 Å². The third-order valence-electron chi connectivity index (χ3n) is 2.10. The first-order valence-corrected chi connectivity index (χ1v) is 6.18. The average Bonchev–Trinajstić information content (AvgIpc) is 3.01. The molecule has 0 atom stereocenters. The molecule has 1 aliphatic carbocycles. The summed E-state index contributed by atoms with van der Waals surface area (Å²) in [5.74, 6) is 0.553. The van der Waals surface area contributed by atoms with E-state index in [1.54, 1.807) is 0 Å². The van der Waals surface area contributed by atoms with E-state index in [9.17, 15) is 4.79 Å². The standard InChI is InChI=1S/C9H10ClN3OS/c1-15-9-12-7(10)6(4-14)8(13-9)11-5-2-3-5/h4-5H,2-3H2,1H3,(H,11,12,13). The maximum absolute atomic E-state index is 10.8. The second-order valence-electron chi connectivity index (χ2n) is 3.30. The topological polar surface area (TPSA) is 54.9 Å². The van der Waals surface area contributed by atoms with E-state index in [1.165, 1.54) is 11.8 Å². The van der Waals surface area contributed by atoms with Gasteiger partial charge in [0.2, 0.25) is 0 Å². The Morgan fingerprint density at radius 2 is 2.27 bits per heavy atom. The second-order valence-corrected chi connectivity index (χ2v) is 4.43. The van der Waals surface area contributed by atoms with Crippen LogP contribution in [-0.2, 0) is 0 Å². The first-order valence-electron chi connectivity index (χ1n) is 4.58. The van der Waals surface area contributed by atoms with Gasteiger partial charge >= 0.3 is 0 Å². The van der Waals surface area contributed by atoms with E-state index >= 15 is 0 Å². The molecular formula is C9H10ClN3OS. The third kappa shape index (κ3) is 2.41. The van der Waals surface area contributed by atoms with Gasteiger partial charge in [-0.2, -0.15) is 0 Å². The zero-order chi connectivity index (χ0) is 10.8. The van der Waals surface area contributed by atoms with Crippen LogP contribution in [0.3, 0.4) is 0 Å². The normalized spacial score (nSPS) is 15.1. The quantitative estimate of drug-likeness (QED) is 0.380. The zero-order valence-electron chi connectivity index (χ0n) is 8.16. The van der Waals surface area contributed by atoms with E-state index in [4.69, 9.17) is 11.6 Å². The number of anilines is 1. The molecule has 0 aromatic carbocycles. The summed E-state index contributed by atoms with van der Waals surface area (Å²) in [4.78, 5) is 19.1. The summed E-state index contributed by atoms with van der Waals surface area (Å²) in [6.45, 7) is 0. The van der Waals surface area contributed by atoms with Crippen molar-refractivity contribution < 1.29 is 4.79 Å². The molecule has 80 valence electrons. The summed E-state index contributed by atoms with van der Waals surface area (Å²) < 4.78 is 0. The minimum Gasteiger partial charge on any atom is -0.367 e. The monoisotopic (exact) mass is 243 g/mol. The summed E-state index contributed by atoms with van der Waals surface area (Å²) in [5, 5.41) is 3.96. The highest BCUT2D eigenvalue weighted by Gasteiger charge is 2.24. The van der Waals surface area contributed by atoms with E-state index in [-0.39, 0.29) is 5.15 Å². The molecule has 1 saturated carbocycles. The van der Waals surface area contributed by atoms with E-state index in [0.29, 0.717) is 28.9 Å². The summed E-state index contributed by atoms with van der Waals surface area (Å²) in [6, 6.07) is 0.435. The van der Waals surface area contributed by atoms with Crippen LogP contribution < -0.4 is 5.32 Å². The number of hydrogen-bond donors (Lipinski definition) is 1. The molecule has 6 heteroatoms. The van der Waals surface area contributed by atoms with Crippen LogP contribution in [0, 0.1) is 0 Å². The molecule has 0 unspecified atom stereocenters. The van der Waals surface area contributed by atoms with Gasteiger partial charge in [-0.25, -0.2) is 9.97 Å². The molecule has 0 saturated heterocycles. The lowest BCUT2D eigenvalue weighted by atomic mass is 10.3. The van der Waals surface area contributed by atoms with Crippen molar-refractivity contribution in [1.29, 1.82) is 0 Å². The minimum atomic E-state index is 0.215. The SMILES string of the molecule is CSc1nc(Cl)c(C=O)c(NC2CC2)n1. The van der Waals surface area contributed by atoms with Gasteiger partial charge in [0, 0.05) is 6.04 Å². The van der Waals surface area contributed by atoms with Gasteiger partial charge in [0.15, 0.2) is 11.4 Å². The number of carbonyl (C=O) groups is 1. The van der Waals surface area contributed by atoms with Crippen LogP contribution in [0.5, 0.6) is 0 Å². The lowest BCUT2D eigenvalue weighted by molar-refractivity contribution is 0.112. The van der Waals surface area contributed by atoms with Gasteiger partial charge in [0.25, 0.3) is 0 Å². The van der Waals surface area contributed by atoms with Crippen molar-refractivity contribution in [2.45, 2.75) is 24.0 Å². The van der Waals surface area contributed by atoms with Gasteiger partial charge in [-0.15, -0.1) is 0 Å². The Hall–Kier alpha value is -0.810. The number of aldehydes is 1. The Labute approximate surface area is 96.8 Å². The number of rotatable bonds is 4. The highest BCUT2D eigenvalue weighted by molar-refractivity contribution is 7.98. The van der Waals surface area contributed by atoms with Crippen LogP contribution in [-0.4, -0.2) is 28.6 Å². The molecule has 1 fully saturated rings. The molecule has 0 aliphatic heterocycles. The molecule has 1 aliphatic rings. The van der Waals surface area contributed by atoms with Crippen molar-refractivity contribution in [2.24, 2.45) is 0 Å². The predicted molar refractivity (Wildman–Crippen MR) is 60.9 cm³/mol. The van der Waals surface area contributed by atoms with E-state index in [0.717, 1.165) is 12.8 Å². The average molecular weight is 244 g/mol. The first-order chi connectivity index (χ1) is 7.24. The minimum absolute atomic E-state index is 0.215. The molecule has 1 N–H and O–H groups in total. The molecular weight excluding hydrogens is 234 g/mol. The molecule has 1 aromatic heterocycles. The fourth-order valence-electron chi connectivity index (χ4n) is 1.15. The number of aromatic nitrogens is 2. The maximum atomic E-state index is 10.8. The number of thioether (sulfide) groups is 1. The van der Waals surface area contributed by atoms with Crippen LogP contribution in [0.25, 0.3) is 0 Å². The number of carbonyl (C=O) groups excluding carboxylic acids is 1. The summed E-state index contributed by atoms with van der Waals surface area (Å²) >= 11 is 7.28. The molecule has 2 rings (SSSR count). The molecule has 0 amide bonds. The van der Waals surface area contributed by atoms with Crippen LogP contribution in [0.15, 0.2) is 5.16 Å². The third-order valence-corrected chi connectivity index (χ3v) is 2.93. The van der Waals surface area contributed by atoms with E-state index < -0.39 is 0 Å². The summed E-state index contributed by atoms with van der Waals surface area (Å²) in [6.07, 6.45) is 4.80. The number of nitrogens with zero attached hydrogens (tertiary/aromatic N) is 2. The van der Waals surface area contributed by atoms with Crippen molar-refractivity contribution in [3.05, 3.63) is 10.7 Å².